The smallest absolute Gasteiger partial charge is 0.137 e. The summed E-state index contributed by atoms with van der Waals surface area (Å²) >= 11 is 0. The van der Waals surface area contributed by atoms with Crippen LogP contribution in [0.25, 0.3) is 5.82 Å². The van der Waals surface area contributed by atoms with E-state index in [2.05, 4.69) is 42.8 Å². The number of rotatable bonds is 4. The number of aryl methyl sites for hydroxylation is 1. The van der Waals surface area contributed by atoms with Crippen LogP contribution in [0.15, 0.2) is 49.4 Å². The van der Waals surface area contributed by atoms with Gasteiger partial charge in [-0.15, -0.1) is 24.8 Å². The van der Waals surface area contributed by atoms with Gasteiger partial charge < -0.3 is 9.88 Å². The molecule has 1 unspecified atom stereocenters. The number of imidazole rings is 2. The molecular weight excluding hydrogens is 373 g/mol. The Labute approximate surface area is 165 Å². The van der Waals surface area contributed by atoms with Gasteiger partial charge in [0, 0.05) is 64.2 Å². The maximum absolute atomic E-state index is 4.55. The molecule has 1 atom stereocenters. The highest BCUT2D eigenvalue weighted by molar-refractivity contribution is 5.85. The van der Waals surface area contributed by atoms with Crippen molar-refractivity contribution in [3.63, 3.8) is 0 Å². The lowest BCUT2D eigenvalue weighted by Crippen LogP contribution is -2.46. The molecule has 0 radical (unpaired) electrons. The number of halogens is 2. The number of hydrogen-bond donors (Lipinski definition) is 1. The Morgan fingerprint density at radius 2 is 2.04 bits per heavy atom. The summed E-state index contributed by atoms with van der Waals surface area (Å²) in [5, 5.41) is 3.47. The average molecular weight is 396 g/mol. The Morgan fingerprint density at radius 1 is 1.15 bits per heavy atom. The van der Waals surface area contributed by atoms with Gasteiger partial charge in [-0.05, 0) is 11.6 Å². The first-order valence-corrected chi connectivity index (χ1v) is 8.16. The quantitative estimate of drug-likeness (QED) is 0.731. The van der Waals surface area contributed by atoms with Crippen molar-refractivity contribution >= 4 is 24.8 Å². The fourth-order valence-electron chi connectivity index (χ4n) is 3.18. The van der Waals surface area contributed by atoms with E-state index in [0.29, 0.717) is 0 Å². The summed E-state index contributed by atoms with van der Waals surface area (Å²) in [5.41, 5.74) is 1.21. The summed E-state index contributed by atoms with van der Waals surface area (Å²) in [6.07, 6.45) is 11.2. The number of aromatic nitrogens is 5. The van der Waals surface area contributed by atoms with Crippen molar-refractivity contribution in [2.75, 3.05) is 19.6 Å². The summed E-state index contributed by atoms with van der Waals surface area (Å²) < 4.78 is 4.01. The van der Waals surface area contributed by atoms with E-state index in [0.717, 1.165) is 37.8 Å². The van der Waals surface area contributed by atoms with Gasteiger partial charge in [0.1, 0.15) is 18.0 Å². The molecule has 0 aromatic carbocycles. The standard InChI is InChI=1S/C17H21N7.2ClH/c1-22-7-6-20-17(22)15-11-18-4-8-23(15)12-14-2-3-16(21-10-14)24-9-5-19-13-24;;/h2-3,5-7,9-10,13,15,18H,4,8,11-12H2,1H3;2*1H. The Bertz CT molecular complexity index is 786. The molecule has 1 fully saturated rings. The molecule has 4 heterocycles. The zero-order valence-corrected chi connectivity index (χ0v) is 16.2. The monoisotopic (exact) mass is 395 g/mol. The molecule has 1 aliphatic rings. The molecule has 0 spiro atoms. The van der Waals surface area contributed by atoms with Crippen molar-refractivity contribution in [1.82, 2.24) is 34.3 Å². The third kappa shape index (κ3) is 4.24. The van der Waals surface area contributed by atoms with Crippen molar-refractivity contribution in [2.45, 2.75) is 12.6 Å². The molecule has 0 bridgehead atoms. The van der Waals surface area contributed by atoms with Crippen LogP contribution in [-0.2, 0) is 13.6 Å². The first kappa shape index (κ1) is 20.4. The van der Waals surface area contributed by atoms with E-state index in [1.54, 1.807) is 12.5 Å². The highest BCUT2D eigenvalue weighted by Gasteiger charge is 2.26. The lowest BCUT2D eigenvalue weighted by atomic mass is 10.1. The van der Waals surface area contributed by atoms with Crippen molar-refractivity contribution in [1.29, 1.82) is 0 Å². The SMILES string of the molecule is Cl.Cl.Cn1ccnc1C1CNCCN1Cc1ccc(-n2ccnc2)nc1. The van der Waals surface area contributed by atoms with Crippen LogP contribution in [0.4, 0.5) is 0 Å². The second-order valence-electron chi connectivity index (χ2n) is 6.08. The summed E-state index contributed by atoms with van der Waals surface area (Å²) in [6.45, 7) is 3.80. The van der Waals surface area contributed by atoms with Crippen molar-refractivity contribution in [3.05, 3.63) is 60.8 Å². The maximum atomic E-state index is 4.55. The molecule has 1 saturated heterocycles. The fraction of sp³-hybridized carbons (Fsp3) is 0.353. The van der Waals surface area contributed by atoms with Crippen molar-refractivity contribution in [2.24, 2.45) is 7.05 Å². The second kappa shape index (κ2) is 9.14. The van der Waals surface area contributed by atoms with Crippen LogP contribution in [0.5, 0.6) is 0 Å². The molecule has 26 heavy (non-hydrogen) atoms. The van der Waals surface area contributed by atoms with Gasteiger partial charge in [-0.1, -0.05) is 6.07 Å². The van der Waals surface area contributed by atoms with E-state index in [1.165, 1.54) is 5.56 Å². The summed E-state index contributed by atoms with van der Waals surface area (Å²) in [6, 6.07) is 4.46. The Balaban J connectivity index is 0.00000121. The van der Waals surface area contributed by atoms with Gasteiger partial charge >= 0.3 is 0 Å². The van der Waals surface area contributed by atoms with Crippen LogP contribution in [-0.4, -0.2) is 48.6 Å². The molecule has 140 valence electrons. The molecule has 3 aromatic heterocycles. The molecular formula is C17H23Cl2N7. The number of piperazine rings is 1. The zero-order valence-electron chi connectivity index (χ0n) is 14.5. The third-order valence-electron chi connectivity index (χ3n) is 4.47. The van der Waals surface area contributed by atoms with E-state index < -0.39 is 0 Å². The van der Waals surface area contributed by atoms with Gasteiger partial charge in [-0.3, -0.25) is 9.47 Å². The van der Waals surface area contributed by atoms with E-state index in [1.807, 2.05) is 35.4 Å². The minimum absolute atomic E-state index is 0. The van der Waals surface area contributed by atoms with Gasteiger partial charge in [0.2, 0.25) is 0 Å². The van der Waals surface area contributed by atoms with Crippen molar-refractivity contribution < 1.29 is 0 Å². The molecule has 0 saturated carbocycles. The van der Waals surface area contributed by atoms with Gasteiger partial charge in [0.05, 0.1) is 6.04 Å². The van der Waals surface area contributed by atoms with Crippen molar-refractivity contribution in [3.8, 4) is 5.82 Å². The normalized spacial score (nSPS) is 17.3. The first-order chi connectivity index (χ1) is 11.8. The lowest BCUT2D eigenvalue weighted by molar-refractivity contribution is 0.144. The highest BCUT2D eigenvalue weighted by Crippen LogP contribution is 2.22. The van der Waals surface area contributed by atoms with E-state index >= 15 is 0 Å². The maximum Gasteiger partial charge on any atom is 0.137 e. The number of hydrogen-bond acceptors (Lipinski definition) is 5. The molecule has 1 N–H and O–H groups in total. The molecule has 4 rings (SSSR count). The summed E-state index contributed by atoms with van der Waals surface area (Å²) in [4.78, 5) is 15.6. The Hall–Kier alpha value is -1.93. The van der Waals surface area contributed by atoms with Crippen LogP contribution in [0.2, 0.25) is 0 Å². The largest absolute Gasteiger partial charge is 0.337 e. The van der Waals surface area contributed by atoms with Crippen LogP contribution in [0.1, 0.15) is 17.4 Å². The molecule has 1 aliphatic heterocycles. The molecule has 3 aromatic rings. The number of nitrogens with zero attached hydrogens (tertiary/aromatic N) is 6. The zero-order chi connectivity index (χ0) is 16.4. The Morgan fingerprint density at radius 3 is 2.69 bits per heavy atom. The molecule has 7 nitrogen and oxygen atoms in total. The topological polar surface area (TPSA) is 63.8 Å². The van der Waals surface area contributed by atoms with Gasteiger partial charge in [-0.25, -0.2) is 15.0 Å². The first-order valence-electron chi connectivity index (χ1n) is 8.16. The summed E-state index contributed by atoms with van der Waals surface area (Å²) in [7, 11) is 2.05. The van der Waals surface area contributed by atoms with Gasteiger partial charge in [-0.2, -0.15) is 0 Å². The minimum Gasteiger partial charge on any atom is -0.337 e. The van der Waals surface area contributed by atoms with E-state index in [4.69, 9.17) is 0 Å². The second-order valence-corrected chi connectivity index (χ2v) is 6.08. The van der Waals surface area contributed by atoms with Crippen LogP contribution < -0.4 is 5.32 Å². The lowest BCUT2D eigenvalue weighted by Gasteiger charge is -2.35. The molecule has 0 aliphatic carbocycles. The van der Waals surface area contributed by atoms with Crippen LogP contribution in [0, 0.1) is 0 Å². The van der Waals surface area contributed by atoms with Gasteiger partial charge in [0.15, 0.2) is 0 Å². The minimum atomic E-state index is 0. The number of nitrogens with one attached hydrogen (secondary N) is 1. The highest BCUT2D eigenvalue weighted by atomic mass is 35.5. The predicted octanol–water partition coefficient (Wildman–Crippen LogP) is 1.99. The van der Waals surface area contributed by atoms with E-state index in [-0.39, 0.29) is 30.9 Å². The predicted molar refractivity (Wildman–Crippen MR) is 105 cm³/mol. The molecule has 9 heteroatoms. The Kier molecular flexibility index (Phi) is 7.16. The van der Waals surface area contributed by atoms with E-state index in [9.17, 15) is 0 Å². The fourth-order valence-corrected chi connectivity index (χ4v) is 3.18. The van der Waals surface area contributed by atoms with Gasteiger partial charge in [0.25, 0.3) is 0 Å². The summed E-state index contributed by atoms with van der Waals surface area (Å²) in [5.74, 6) is 1.99. The third-order valence-corrected chi connectivity index (χ3v) is 4.47. The molecule has 0 amide bonds. The number of pyridine rings is 1. The van der Waals surface area contributed by atoms with Crippen LogP contribution >= 0.6 is 24.8 Å². The van der Waals surface area contributed by atoms with Crippen LogP contribution in [0.3, 0.4) is 0 Å². The average Bonchev–Trinajstić information content (AvgIpc) is 3.28.